The minimum atomic E-state index is 0. The summed E-state index contributed by atoms with van der Waals surface area (Å²) in [5.74, 6) is 6.72. The molecule has 4 aliphatic carbocycles. The Bertz CT molecular complexity index is 969. The van der Waals surface area contributed by atoms with Crippen LogP contribution in [0.5, 0.6) is 0 Å². The topological polar surface area (TPSA) is 96.2 Å². The van der Waals surface area contributed by atoms with Crippen LogP contribution in [0, 0.1) is 53.3 Å². The third-order valence-electron chi connectivity index (χ3n) is 14.6. The minimum Gasteiger partial charge on any atom is -0.286 e. The molecule has 5 aliphatic heterocycles. The van der Waals surface area contributed by atoms with Gasteiger partial charge in [-0.25, -0.2) is 0 Å². The molecule has 9 fully saturated rings. The first kappa shape index (κ1) is 30.5. The molecule has 43 heavy (non-hydrogen) atoms. The van der Waals surface area contributed by atoms with Crippen LogP contribution in [0.15, 0.2) is 0 Å². The number of rotatable bonds is 1. The second-order valence-corrected chi connectivity index (χ2v) is 16.3. The van der Waals surface area contributed by atoms with Crippen molar-refractivity contribution in [2.24, 2.45) is 53.3 Å². The Kier molecular flexibility index (Phi) is 8.99. The molecule has 8 bridgehead atoms. The van der Waals surface area contributed by atoms with Crippen LogP contribution in [0.2, 0.25) is 0 Å². The maximum atomic E-state index is 4.33. The summed E-state index contributed by atoms with van der Waals surface area (Å²) in [4.78, 5) is 0. The largest absolute Gasteiger partial charge is 0.286 e. The number of hydrogen-bond donors (Lipinski definition) is 8. The molecule has 8 nitrogen and oxygen atoms in total. The van der Waals surface area contributed by atoms with Crippen molar-refractivity contribution in [3.05, 3.63) is 0 Å². The molecule has 0 amide bonds. The van der Waals surface area contributed by atoms with Crippen molar-refractivity contribution in [2.45, 2.75) is 159 Å². The summed E-state index contributed by atoms with van der Waals surface area (Å²) in [7, 11) is 0. The second kappa shape index (κ2) is 12.7. The fourth-order valence-corrected chi connectivity index (χ4v) is 12.7. The molecule has 5 saturated heterocycles. The Hall–Kier alpha value is 0.199. The van der Waals surface area contributed by atoms with Gasteiger partial charge in [0.2, 0.25) is 0 Å². The van der Waals surface area contributed by atoms with Gasteiger partial charge in [-0.05, 0) is 98.2 Å². The van der Waals surface area contributed by atoms with E-state index in [1.165, 1.54) is 103 Å². The first-order chi connectivity index (χ1) is 20.7. The third-order valence-corrected chi connectivity index (χ3v) is 14.6. The summed E-state index contributed by atoms with van der Waals surface area (Å²) in [5, 5.41) is 34.1. The molecular weight excluding hydrogens is 576 g/mol. The van der Waals surface area contributed by atoms with Gasteiger partial charge in [0.1, 0.15) is 0 Å². The molecular formula is C34H60FeN8. The van der Waals surface area contributed by atoms with Crippen LogP contribution in [-0.2, 0) is 17.1 Å². The summed E-state index contributed by atoms with van der Waals surface area (Å²) in [6.07, 6.45) is 25.4. The van der Waals surface area contributed by atoms with E-state index in [9.17, 15) is 0 Å². The smallest absolute Gasteiger partial charge is 0.0631 e. The molecule has 244 valence electrons. The molecule has 17 unspecified atom stereocenters. The zero-order valence-electron chi connectivity index (χ0n) is 26.5. The van der Waals surface area contributed by atoms with Crippen LogP contribution in [0.25, 0.3) is 0 Å². The Morgan fingerprint density at radius 1 is 0.349 bits per heavy atom. The monoisotopic (exact) mass is 636 g/mol. The Morgan fingerprint density at radius 2 is 0.628 bits per heavy atom. The predicted octanol–water partition coefficient (Wildman–Crippen LogP) is 3.24. The van der Waals surface area contributed by atoms with Crippen molar-refractivity contribution in [1.82, 2.24) is 42.5 Å². The van der Waals surface area contributed by atoms with Crippen LogP contribution in [0.3, 0.4) is 0 Å². The molecule has 17 atom stereocenters. The number of fused-ring (bicyclic) bond motifs is 20. The van der Waals surface area contributed by atoms with E-state index in [1.807, 2.05) is 0 Å². The second-order valence-electron chi connectivity index (χ2n) is 16.3. The van der Waals surface area contributed by atoms with Gasteiger partial charge in [-0.2, -0.15) is 0 Å². The van der Waals surface area contributed by atoms with E-state index in [0.717, 1.165) is 53.3 Å². The molecule has 0 spiro atoms. The van der Waals surface area contributed by atoms with Gasteiger partial charge in [-0.1, -0.05) is 64.7 Å². The van der Waals surface area contributed by atoms with E-state index in [2.05, 4.69) is 49.5 Å². The van der Waals surface area contributed by atoms with E-state index in [1.54, 1.807) is 0 Å². The van der Waals surface area contributed by atoms with Crippen molar-refractivity contribution < 1.29 is 17.1 Å². The Morgan fingerprint density at radius 3 is 0.953 bits per heavy atom. The zero-order chi connectivity index (χ0) is 27.8. The van der Waals surface area contributed by atoms with Crippen molar-refractivity contribution in [3.63, 3.8) is 0 Å². The summed E-state index contributed by atoms with van der Waals surface area (Å²) >= 11 is 0. The molecule has 5 heterocycles. The predicted molar refractivity (Wildman–Crippen MR) is 166 cm³/mol. The van der Waals surface area contributed by atoms with E-state index >= 15 is 0 Å². The van der Waals surface area contributed by atoms with Gasteiger partial charge in [0, 0.05) is 17.1 Å². The molecule has 4 saturated carbocycles. The average Bonchev–Trinajstić information content (AvgIpc) is 3.76. The molecule has 9 aliphatic rings. The zero-order valence-corrected chi connectivity index (χ0v) is 27.6. The van der Waals surface area contributed by atoms with Crippen molar-refractivity contribution in [2.75, 3.05) is 0 Å². The van der Waals surface area contributed by atoms with Gasteiger partial charge in [0.25, 0.3) is 0 Å². The van der Waals surface area contributed by atoms with Crippen LogP contribution in [0.4, 0.5) is 0 Å². The van der Waals surface area contributed by atoms with Crippen molar-refractivity contribution in [3.8, 4) is 0 Å². The first-order valence-corrected chi connectivity index (χ1v) is 18.8. The first-order valence-electron chi connectivity index (χ1n) is 18.8. The average molecular weight is 637 g/mol. The van der Waals surface area contributed by atoms with Gasteiger partial charge in [-0.3, -0.25) is 42.5 Å². The van der Waals surface area contributed by atoms with E-state index in [0.29, 0.717) is 49.3 Å². The fourth-order valence-electron chi connectivity index (χ4n) is 12.7. The summed E-state index contributed by atoms with van der Waals surface area (Å²) in [6.45, 7) is 2.45. The SMILES string of the molecule is CCC1CCCC2C3NC4NC(NC5NC(NC6NC(NC(N3)C12)C1CCCCC61)C1CCCCC51)C1CCCCC41.[Fe]. The molecule has 9 rings (SSSR count). The van der Waals surface area contributed by atoms with Gasteiger partial charge in [0.05, 0.1) is 49.3 Å². The summed E-state index contributed by atoms with van der Waals surface area (Å²) in [5.41, 5.74) is 0. The minimum absolute atomic E-state index is 0. The number of nitrogens with one attached hydrogen (secondary N) is 8. The molecule has 0 aromatic heterocycles. The Balaban J connectivity index is 0.00000278. The van der Waals surface area contributed by atoms with E-state index in [4.69, 9.17) is 0 Å². The normalized spacial score (nSPS) is 55.9. The maximum Gasteiger partial charge on any atom is 0.0631 e. The van der Waals surface area contributed by atoms with Crippen molar-refractivity contribution in [1.29, 1.82) is 0 Å². The van der Waals surface area contributed by atoms with Crippen LogP contribution in [-0.4, -0.2) is 49.3 Å². The quantitative estimate of drug-likeness (QED) is 0.208. The molecule has 0 aromatic rings. The van der Waals surface area contributed by atoms with Gasteiger partial charge < -0.3 is 0 Å². The van der Waals surface area contributed by atoms with Crippen molar-refractivity contribution >= 4 is 0 Å². The molecule has 8 N–H and O–H groups in total. The maximum absolute atomic E-state index is 4.33. The van der Waals surface area contributed by atoms with Gasteiger partial charge in [0.15, 0.2) is 0 Å². The van der Waals surface area contributed by atoms with Crippen LogP contribution >= 0.6 is 0 Å². The van der Waals surface area contributed by atoms with Crippen LogP contribution in [0.1, 0.15) is 110 Å². The van der Waals surface area contributed by atoms with Crippen LogP contribution < -0.4 is 42.5 Å². The van der Waals surface area contributed by atoms with E-state index in [-0.39, 0.29) is 17.1 Å². The molecule has 9 heteroatoms. The summed E-state index contributed by atoms with van der Waals surface area (Å²) < 4.78 is 0. The fraction of sp³-hybridized carbons (Fsp3) is 1.00. The number of hydrogen-bond acceptors (Lipinski definition) is 8. The molecule has 0 radical (unpaired) electrons. The Labute approximate surface area is 271 Å². The molecule has 0 aromatic carbocycles. The van der Waals surface area contributed by atoms with E-state index < -0.39 is 0 Å². The van der Waals surface area contributed by atoms with Gasteiger partial charge in [-0.15, -0.1) is 0 Å². The standard InChI is InChI=1S/C34H60N8.Fe/c1-2-18-10-9-17-25-26(18)34-41-32-24-16-8-7-15-23(24)30(39-32)37-28-20-12-4-3-11-19(20)27(35-28)36-29-21-13-5-6-14-22(21)31(38-29)40-33(25)42-34;/h18-42H,2-17H2,1H3;. The third kappa shape index (κ3) is 5.32. The van der Waals surface area contributed by atoms with Gasteiger partial charge >= 0.3 is 0 Å². The summed E-state index contributed by atoms with van der Waals surface area (Å²) in [6, 6.07) is 0.